The molecule has 2 aromatic carbocycles. The van der Waals surface area contributed by atoms with E-state index in [4.69, 9.17) is 14.2 Å². The van der Waals surface area contributed by atoms with Gasteiger partial charge in [0.15, 0.2) is 10.8 Å². The van der Waals surface area contributed by atoms with Gasteiger partial charge in [0, 0.05) is 17.9 Å². The van der Waals surface area contributed by atoms with E-state index in [1.54, 1.807) is 27.4 Å². The molecule has 0 aliphatic rings. The fourth-order valence-corrected chi connectivity index (χ4v) is 2.71. The van der Waals surface area contributed by atoms with E-state index >= 15 is 0 Å². The van der Waals surface area contributed by atoms with Crippen LogP contribution >= 0.6 is 11.8 Å². The summed E-state index contributed by atoms with van der Waals surface area (Å²) in [4.78, 5) is 12.7. The molecule has 0 atom stereocenters. The van der Waals surface area contributed by atoms with Gasteiger partial charge in [-0.25, -0.2) is 0 Å². The van der Waals surface area contributed by atoms with Crippen LogP contribution in [0.4, 0.5) is 5.69 Å². The van der Waals surface area contributed by atoms with Crippen molar-refractivity contribution in [2.45, 2.75) is 11.8 Å². The highest BCUT2D eigenvalue weighted by Crippen LogP contribution is 2.30. The van der Waals surface area contributed by atoms with Gasteiger partial charge in [0.25, 0.3) is 0 Å². The zero-order valence-corrected chi connectivity index (χ0v) is 15.3. The zero-order valence-electron chi connectivity index (χ0n) is 14.5. The number of ether oxygens (including phenoxy) is 3. The van der Waals surface area contributed by atoms with Gasteiger partial charge < -0.3 is 14.2 Å². The Hall–Kier alpha value is -2.67. The van der Waals surface area contributed by atoms with Crippen LogP contribution in [0.5, 0.6) is 17.2 Å². The molecule has 0 radical (unpaired) electrons. The normalized spacial score (nSPS) is 11.0. The van der Waals surface area contributed by atoms with Gasteiger partial charge in [-0.2, -0.15) is 5.10 Å². The largest absolute Gasteiger partial charge is 0.497 e. The topological polar surface area (TPSA) is 69.2 Å². The Morgan fingerprint density at radius 2 is 1.48 bits per heavy atom. The van der Waals surface area contributed by atoms with Gasteiger partial charge in [0.05, 0.1) is 27.0 Å². The highest BCUT2D eigenvalue weighted by Gasteiger charge is 2.11. The molecule has 7 heteroatoms. The number of methoxy groups -OCH3 is 3. The molecule has 25 heavy (non-hydrogen) atoms. The molecule has 132 valence electrons. The lowest BCUT2D eigenvalue weighted by molar-refractivity contribution is -0.110. The second kappa shape index (κ2) is 8.98. The summed E-state index contributed by atoms with van der Waals surface area (Å²) in [6, 6.07) is 12.7. The lowest BCUT2D eigenvalue weighted by atomic mass is 10.3. The van der Waals surface area contributed by atoms with Crippen LogP contribution in [-0.2, 0) is 4.79 Å². The molecule has 1 N–H and O–H groups in total. The maximum atomic E-state index is 11.9. The van der Waals surface area contributed by atoms with E-state index in [0.29, 0.717) is 16.5 Å². The third kappa shape index (κ3) is 5.42. The van der Waals surface area contributed by atoms with Gasteiger partial charge in [0.2, 0.25) is 0 Å². The SMILES string of the molecule is COc1ccc(NN=C(Sc2cc(OC)cc(OC)c2)C(C)=O)cc1. The molecule has 0 aliphatic heterocycles. The summed E-state index contributed by atoms with van der Waals surface area (Å²) in [6.07, 6.45) is 0. The van der Waals surface area contributed by atoms with Crippen LogP contribution in [0.3, 0.4) is 0 Å². The molecular formula is C18H20N2O4S. The summed E-state index contributed by atoms with van der Waals surface area (Å²) in [7, 11) is 4.76. The maximum Gasteiger partial charge on any atom is 0.186 e. The lowest BCUT2D eigenvalue weighted by Gasteiger charge is -2.09. The van der Waals surface area contributed by atoms with Crippen LogP contribution in [0.25, 0.3) is 0 Å². The van der Waals surface area contributed by atoms with Gasteiger partial charge in [0.1, 0.15) is 17.2 Å². The average molecular weight is 360 g/mol. The number of benzene rings is 2. The fourth-order valence-electron chi connectivity index (χ4n) is 1.91. The van der Waals surface area contributed by atoms with E-state index in [-0.39, 0.29) is 5.78 Å². The number of thioether (sulfide) groups is 1. The Balaban J connectivity index is 2.18. The number of nitrogens with one attached hydrogen (secondary N) is 1. The Morgan fingerprint density at radius 3 is 1.96 bits per heavy atom. The minimum Gasteiger partial charge on any atom is -0.497 e. The van der Waals surface area contributed by atoms with Crippen LogP contribution in [0, 0.1) is 0 Å². The summed E-state index contributed by atoms with van der Waals surface area (Å²) in [6.45, 7) is 1.47. The number of anilines is 1. The molecular weight excluding hydrogens is 340 g/mol. The van der Waals surface area contributed by atoms with Gasteiger partial charge in [-0.15, -0.1) is 0 Å². The number of ketones is 1. The van der Waals surface area contributed by atoms with E-state index in [1.807, 2.05) is 36.4 Å². The first-order valence-corrected chi connectivity index (χ1v) is 8.27. The van der Waals surface area contributed by atoms with Crippen LogP contribution in [0.15, 0.2) is 52.5 Å². The monoisotopic (exact) mass is 360 g/mol. The average Bonchev–Trinajstić information content (AvgIpc) is 2.64. The van der Waals surface area contributed by atoms with Crippen molar-refractivity contribution in [2.75, 3.05) is 26.8 Å². The summed E-state index contributed by atoms with van der Waals surface area (Å²) < 4.78 is 15.6. The first-order valence-electron chi connectivity index (χ1n) is 7.45. The van der Waals surface area contributed by atoms with E-state index in [2.05, 4.69) is 10.5 Å². The smallest absolute Gasteiger partial charge is 0.186 e. The molecule has 0 bridgehead atoms. The summed E-state index contributed by atoms with van der Waals surface area (Å²) in [5.41, 5.74) is 3.64. The second-order valence-corrected chi connectivity index (χ2v) is 6.03. The third-order valence-electron chi connectivity index (χ3n) is 3.22. The lowest BCUT2D eigenvalue weighted by Crippen LogP contribution is -2.08. The molecule has 2 rings (SSSR count). The fraction of sp³-hybridized carbons (Fsp3) is 0.222. The van der Waals surface area contributed by atoms with Gasteiger partial charge >= 0.3 is 0 Å². The van der Waals surface area contributed by atoms with Crippen molar-refractivity contribution < 1.29 is 19.0 Å². The van der Waals surface area contributed by atoms with Crippen molar-refractivity contribution in [1.29, 1.82) is 0 Å². The van der Waals surface area contributed by atoms with Crippen LogP contribution < -0.4 is 19.6 Å². The molecule has 0 unspecified atom stereocenters. The Labute approximate surface area is 151 Å². The van der Waals surface area contributed by atoms with Crippen LogP contribution in [0.1, 0.15) is 6.92 Å². The molecule has 0 spiro atoms. The van der Waals surface area contributed by atoms with Crippen molar-refractivity contribution in [3.63, 3.8) is 0 Å². The van der Waals surface area contributed by atoms with Gasteiger partial charge in [-0.3, -0.25) is 10.2 Å². The summed E-state index contributed by atoms with van der Waals surface area (Å²) in [5.74, 6) is 1.90. The zero-order chi connectivity index (χ0) is 18.2. The van der Waals surface area contributed by atoms with Crippen molar-refractivity contribution in [3.8, 4) is 17.2 Å². The number of carbonyl (C=O) groups excluding carboxylic acids is 1. The number of carbonyl (C=O) groups is 1. The number of hydrogen-bond acceptors (Lipinski definition) is 7. The predicted octanol–water partition coefficient (Wildman–Crippen LogP) is 3.82. The minimum atomic E-state index is -0.146. The number of Topliss-reactive ketones (excluding diaryl/α,β-unsaturated/α-hetero) is 1. The molecule has 0 aliphatic carbocycles. The van der Waals surface area contributed by atoms with Gasteiger partial charge in [-0.05, 0) is 36.4 Å². The van der Waals surface area contributed by atoms with Crippen LogP contribution in [0.2, 0.25) is 0 Å². The number of rotatable bonds is 7. The highest BCUT2D eigenvalue weighted by atomic mass is 32.2. The van der Waals surface area contributed by atoms with E-state index < -0.39 is 0 Å². The molecule has 2 aromatic rings. The summed E-state index contributed by atoms with van der Waals surface area (Å²) in [5, 5.41) is 4.54. The van der Waals surface area contributed by atoms with E-state index in [1.165, 1.54) is 18.7 Å². The maximum absolute atomic E-state index is 11.9. The van der Waals surface area contributed by atoms with Crippen molar-refractivity contribution in [3.05, 3.63) is 42.5 Å². The standard InChI is InChI=1S/C18H20N2O4S/c1-12(21)18(20-19-13-5-7-14(22-2)8-6-13)25-17-10-15(23-3)9-16(11-17)24-4/h5-11,19H,1-4H3. The Bertz CT molecular complexity index is 738. The number of hydrazone groups is 1. The molecule has 6 nitrogen and oxygen atoms in total. The van der Waals surface area contributed by atoms with E-state index in [0.717, 1.165) is 16.3 Å². The predicted molar refractivity (Wildman–Crippen MR) is 100 cm³/mol. The molecule has 0 amide bonds. The number of hydrogen-bond donors (Lipinski definition) is 1. The van der Waals surface area contributed by atoms with E-state index in [9.17, 15) is 4.79 Å². The molecule has 0 heterocycles. The van der Waals surface area contributed by atoms with Crippen LogP contribution in [-0.4, -0.2) is 32.2 Å². The molecule has 0 saturated heterocycles. The summed E-state index contributed by atoms with van der Waals surface area (Å²) >= 11 is 1.24. The quantitative estimate of drug-likeness (QED) is 0.350. The first-order chi connectivity index (χ1) is 12.0. The first kappa shape index (κ1) is 18.7. The Morgan fingerprint density at radius 1 is 0.920 bits per heavy atom. The highest BCUT2D eigenvalue weighted by molar-refractivity contribution is 8.15. The third-order valence-corrected chi connectivity index (χ3v) is 4.26. The van der Waals surface area contributed by atoms with Crippen molar-refractivity contribution in [1.82, 2.24) is 0 Å². The minimum absolute atomic E-state index is 0.146. The number of nitrogens with zero attached hydrogens (tertiary/aromatic N) is 1. The molecule has 0 aromatic heterocycles. The second-order valence-electron chi connectivity index (χ2n) is 4.96. The van der Waals surface area contributed by atoms with Crippen molar-refractivity contribution in [2.24, 2.45) is 5.10 Å². The Kier molecular flexibility index (Phi) is 6.71. The molecule has 0 saturated carbocycles. The molecule has 0 fully saturated rings. The van der Waals surface area contributed by atoms with Crippen molar-refractivity contribution >= 4 is 28.3 Å². The van der Waals surface area contributed by atoms with Gasteiger partial charge in [-0.1, -0.05) is 11.8 Å².